The molecule has 24 heavy (non-hydrogen) atoms. The van der Waals surface area contributed by atoms with Crippen molar-refractivity contribution < 1.29 is 4.79 Å². The van der Waals surface area contributed by atoms with Gasteiger partial charge in [-0.2, -0.15) is 0 Å². The lowest BCUT2D eigenvalue weighted by Crippen LogP contribution is -2.29. The number of nitrogens with zero attached hydrogens (tertiary/aromatic N) is 3. The van der Waals surface area contributed by atoms with Crippen molar-refractivity contribution in [3.8, 4) is 11.3 Å². The summed E-state index contributed by atoms with van der Waals surface area (Å²) in [6.07, 6.45) is 7.57. The summed E-state index contributed by atoms with van der Waals surface area (Å²) in [6, 6.07) is 13.9. The van der Waals surface area contributed by atoms with Gasteiger partial charge in [0.2, 0.25) is 0 Å². The van der Waals surface area contributed by atoms with Crippen LogP contribution in [0.3, 0.4) is 0 Å². The summed E-state index contributed by atoms with van der Waals surface area (Å²) < 4.78 is 1.47. The molecule has 1 aromatic carbocycles. The average Bonchev–Trinajstić information content (AvgIpc) is 3.13. The lowest BCUT2D eigenvalue weighted by Gasteiger charge is -2.12. The minimum Gasteiger partial charge on any atom is -0.337 e. The van der Waals surface area contributed by atoms with Crippen molar-refractivity contribution in [2.45, 2.75) is 19.3 Å². The van der Waals surface area contributed by atoms with Gasteiger partial charge in [0.1, 0.15) is 6.33 Å². The molecule has 1 N–H and O–H groups in total. The molecule has 1 unspecified atom stereocenters. The van der Waals surface area contributed by atoms with Crippen LogP contribution in [0.15, 0.2) is 67.4 Å². The van der Waals surface area contributed by atoms with Crippen LogP contribution in [0.4, 0.5) is 4.79 Å². The first kappa shape index (κ1) is 15.9. The van der Waals surface area contributed by atoms with E-state index in [-0.39, 0.29) is 6.03 Å². The fraction of sp³-hybridized carbons (Fsp3) is 0.211. The van der Waals surface area contributed by atoms with Gasteiger partial charge in [-0.15, -0.1) is 0 Å². The second kappa shape index (κ2) is 7.55. The van der Waals surface area contributed by atoms with Crippen LogP contribution in [-0.4, -0.2) is 27.1 Å². The summed E-state index contributed by atoms with van der Waals surface area (Å²) in [4.78, 5) is 20.5. The van der Waals surface area contributed by atoms with Crippen molar-refractivity contribution in [3.63, 3.8) is 0 Å². The Morgan fingerprint density at radius 1 is 1.21 bits per heavy atom. The van der Waals surface area contributed by atoms with E-state index in [2.05, 4.69) is 34.3 Å². The first-order valence-electron chi connectivity index (χ1n) is 8.01. The van der Waals surface area contributed by atoms with Crippen molar-refractivity contribution in [2.75, 3.05) is 6.54 Å². The second-order valence-corrected chi connectivity index (χ2v) is 5.74. The number of hydrogen-bond donors (Lipinski definition) is 1. The predicted octanol–water partition coefficient (Wildman–Crippen LogP) is 3.70. The standard InChI is InChI=1S/C19H20N4O/c1-15(16-6-3-2-4-7-16)9-11-21-19(24)23-13-18(22-14-23)17-8-5-10-20-12-17/h2-8,10,12-15H,9,11H2,1H3,(H,21,24). The third kappa shape index (κ3) is 3.87. The van der Waals surface area contributed by atoms with Crippen LogP contribution in [0.2, 0.25) is 0 Å². The molecule has 1 atom stereocenters. The molecular formula is C19H20N4O. The van der Waals surface area contributed by atoms with Gasteiger partial charge in [0.25, 0.3) is 0 Å². The minimum absolute atomic E-state index is 0.169. The number of aromatic nitrogens is 3. The van der Waals surface area contributed by atoms with Crippen LogP contribution < -0.4 is 5.32 Å². The van der Waals surface area contributed by atoms with E-state index >= 15 is 0 Å². The summed E-state index contributed by atoms with van der Waals surface area (Å²) >= 11 is 0. The molecule has 5 nitrogen and oxygen atoms in total. The number of benzene rings is 1. The molecule has 5 heteroatoms. The van der Waals surface area contributed by atoms with Gasteiger partial charge in [-0.25, -0.2) is 9.78 Å². The average molecular weight is 320 g/mol. The fourth-order valence-corrected chi connectivity index (χ4v) is 2.53. The SMILES string of the molecule is CC(CCNC(=O)n1cnc(-c2cccnc2)c1)c1ccccc1. The minimum atomic E-state index is -0.169. The largest absolute Gasteiger partial charge is 0.337 e. The summed E-state index contributed by atoms with van der Waals surface area (Å²) in [7, 11) is 0. The third-order valence-corrected chi connectivity index (χ3v) is 4.00. The van der Waals surface area contributed by atoms with Gasteiger partial charge < -0.3 is 5.32 Å². The maximum atomic E-state index is 12.2. The van der Waals surface area contributed by atoms with E-state index in [0.29, 0.717) is 12.5 Å². The van der Waals surface area contributed by atoms with Crippen LogP contribution in [0.5, 0.6) is 0 Å². The van der Waals surface area contributed by atoms with Crippen molar-refractivity contribution in [3.05, 3.63) is 72.9 Å². The summed E-state index contributed by atoms with van der Waals surface area (Å²) in [5, 5.41) is 2.93. The molecule has 1 amide bonds. The van der Waals surface area contributed by atoms with E-state index in [1.54, 1.807) is 18.6 Å². The quantitative estimate of drug-likeness (QED) is 0.780. The number of hydrogen-bond acceptors (Lipinski definition) is 3. The molecular weight excluding hydrogens is 300 g/mol. The van der Waals surface area contributed by atoms with Crippen LogP contribution in [0.1, 0.15) is 24.8 Å². The smallest absolute Gasteiger partial charge is 0.326 e. The van der Waals surface area contributed by atoms with Gasteiger partial charge >= 0.3 is 6.03 Å². The Hall–Kier alpha value is -2.95. The van der Waals surface area contributed by atoms with Crippen LogP contribution in [-0.2, 0) is 0 Å². The van der Waals surface area contributed by atoms with Crippen molar-refractivity contribution in [1.82, 2.24) is 19.9 Å². The van der Waals surface area contributed by atoms with E-state index in [1.807, 2.05) is 30.3 Å². The van der Waals surface area contributed by atoms with Crippen LogP contribution >= 0.6 is 0 Å². The molecule has 2 heterocycles. The van der Waals surface area contributed by atoms with E-state index in [1.165, 1.54) is 16.5 Å². The maximum absolute atomic E-state index is 12.2. The number of pyridine rings is 1. The Balaban J connectivity index is 1.53. The Morgan fingerprint density at radius 2 is 2.04 bits per heavy atom. The molecule has 0 aliphatic rings. The zero-order chi connectivity index (χ0) is 16.8. The monoisotopic (exact) mass is 320 g/mol. The molecule has 0 saturated carbocycles. The van der Waals surface area contributed by atoms with Gasteiger partial charge in [-0.3, -0.25) is 9.55 Å². The summed E-state index contributed by atoms with van der Waals surface area (Å²) in [5.41, 5.74) is 2.91. The van der Waals surface area contributed by atoms with E-state index in [0.717, 1.165) is 17.7 Å². The molecule has 0 bridgehead atoms. The molecule has 0 aliphatic heterocycles. The molecule has 2 aromatic heterocycles. The number of amides is 1. The van der Waals surface area contributed by atoms with Gasteiger partial charge in [-0.05, 0) is 30.0 Å². The molecule has 0 saturated heterocycles. The van der Waals surface area contributed by atoms with Gasteiger partial charge in [-0.1, -0.05) is 37.3 Å². The predicted molar refractivity (Wildman–Crippen MR) is 93.7 cm³/mol. The molecule has 122 valence electrons. The zero-order valence-electron chi connectivity index (χ0n) is 13.6. The highest BCUT2D eigenvalue weighted by atomic mass is 16.2. The highest BCUT2D eigenvalue weighted by Crippen LogP contribution is 2.17. The maximum Gasteiger partial charge on any atom is 0.326 e. The van der Waals surface area contributed by atoms with Gasteiger partial charge in [0.05, 0.1) is 5.69 Å². The lowest BCUT2D eigenvalue weighted by molar-refractivity contribution is 0.242. The van der Waals surface area contributed by atoms with Crippen molar-refractivity contribution >= 4 is 6.03 Å². The van der Waals surface area contributed by atoms with E-state index in [4.69, 9.17) is 0 Å². The molecule has 0 aliphatic carbocycles. The number of nitrogens with one attached hydrogen (secondary N) is 1. The number of rotatable bonds is 5. The number of imidazole rings is 1. The first-order chi connectivity index (χ1) is 11.7. The van der Waals surface area contributed by atoms with Crippen molar-refractivity contribution in [2.24, 2.45) is 0 Å². The molecule has 0 radical (unpaired) electrons. The Morgan fingerprint density at radius 3 is 2.79 bits per heavy atom. The highest BCUT2D eigenvalue weighted by molar-refractivity contribution is 5.77. The fourth-order valence-electron chi connectivity index (χ4n) is 2.53. The second-order valence-electron chi connectivity index (χ2n) is 5.74. The Bertz CT molecular complexity index is 783. The third-order valence-electron chi connectivity index (χ3n) is 4.00. The lowest BCUT2D eigenvalue weighted by atomic mass is 9.98. The Kier molecular flexibility index (Phi) is 5.01. The zero-order valence-corrected chi connectivity index (χ0v) is 13.6. The molecule has 0 fully saturated rings. The van der Waals surface area contributed by atoms with E-state index < -0.39 is 0 Å². The highest BCUT2D eigenvalue weighted by Gasteiger charge is 2.09. The number of carbonyl (C=O) groups is 1. The number of carbonyl (C=O) groups excluding carboxylic acids is 1. The topological polar surface area (TPSA) is 59.8 Å². The first-order valence-corrected chi connectivity index (χ1v) is 8.01. The molecule has 3 rings (SSSR count). The van der Waals surface area contributed by atoms with Gasteiger partial charge in [0.15, 0.2) is 0 Å². The van der Waals surface area contributed by atoms with Crippen LogP contribution in [0, 0.1) is 0 Å². The summed E-state index contributed by atoms with van der Waals surface area (Å²) in [5.74, 6) is 0.403. The normalized spacial score (nSPS) is 11.9. The van der Waals surface area contributed by atoms with Crippen molar-refractivity contribution in [1.29, 1.82) is 0 Å². The molecule has 0 spiro atoms. The summed E-state index contributed by atoms with van der Waals surface area (Å²) in [6.45, 7) is 2.79. The van der Waals surface area contributed by atoms with E-state index in [9.17, 15) is 4.79 Å². The Labute approximate surface area is 141 Å². The van der Waals surface area contributed by atoms with Crippen LogP contribution in [0.25, 0.3) is 11.3 Å². The molecule has 3 aromatic rings. The van der Waals surface area contributed by atoms with Gasteiger partial charge in [0, 0.05) is 30.7 Å².